The van der Waals surface area contributed by atoms with Crippen molar-refractivity contribution in [1.29, 1.82) is 0 Å². The van der Waals surface area contributed by atoms with Crippen LogP contribution in [0.15, 0.2) is 18.2 Å². The van der Waals surface area contributed by atoms with Crippen LogP contribution in [0.5, 0.6) is 0 Å². The molecular weight excluding hydrogens is 378 g/mol. The Morgan fingerprint density at radius 1 is 1.55 bits per heavy atom. The maximum absolute atomic E-state index is 13.2. The van der Waals surface area contributed by atoms with E-state index in [1.807, 2.05) is 22.6 Å². The van der Waals surface area contributed by atoms with Gasteiger partial charge in [-0.2, -0.15) is 0 Å². The van der Waals surface area contributed by atoms with Crippen LogP contribution in [0.1, 0.15) is 20.3 Å². The molecule has 1 unspecified atom stereocenters. The van der Waals surface area contributed by atoms with Crippen molar-refractivity contribution in [3.63, 3.8) is 0 Å². The average Bonchev–Trinajstić information content (AvgIpc) is 2.87. The van der Waals surface area contributed by atoms with Crippen molar-refractivity contribution in [3.05, 3.63) is 27.6 Å². The summed E-state index contributed by atoms with van der Waals surface area (Å²) in [6, 6.07) is 4.18. The van der Waals surface area contributed by atoms with E-state index in [0.717, 1.165) is 0 Å². The molecule has 0 radical (unpaired) electrons. The summed E-state index contributed by atoms with van der Waals surface area (Å²) in [5.41, 5.74) is -0.658. The molecule has 0 aliphatic heterocycles. The van der Waals surface area contributed by atoms with Gasteiger partial charge in [0, 0.05) is 9.13 Å². The minimum atomic E-state index is -1.25. The molecule has 1 aromatic carbocycles. The Labute approximate surface area is 128 Å². The largest absolute Gasteiger partial charge is 0.479 e. The summed E-state index contributed by atoms with van der Waals surface area (Å²) in [5, 5.41) is 20.7. The lowest BCUT2D eigenvalue weighted by molar-refractivity contribution is -0.147. The molecule has 0 spiro atoms. The molecule has 1 heterocycles. The second kappa shape index (κ2) is 5.43. The number of carboxylic acid groups (broad SMARTS) is 1. The van der Waals surface area contributed by atoms with E-state index in [2.05, 4.69) is 15.5 Å². The lowest BCUT2D eigenvalue weighted by Crippen LogP contribution is -2.39. The van der Waals surface area contributed by atoms with Gasteiger partial charge in [-0.1, -0.05) is 6.92 Å². The minimum absolute atomic E-state index is 0.307. The summed E-state index contributed by atoms with van der Waals surface area (Å²) in [4.78, 5) is 11.5. The normalized spacial score (nSPS) is 14.0. The molecule has 0 aliphatic carbocycles. The Bertz CT molecular complexity index is 661. The topological polar surface area (TPSA) is 80.9 Å². The molecule has 106 valence electrons. The molecule has 8 heteroatoms. The maximum Gasteiger partial charge on any atom is 0.331 e. The van der Waals surface area contributed by atoms with Crippen LogP contribution in [0.4, 0.5) is 4.39 Å². The van der Waals surface area contributed by atoms with Gasteiger partial charge in [0.05, 0.1) is 0 Å². The molecule has 0 aliphatic rings. The zero-order valence-corrected chi connectivity index (χ0v) is 13.0. The van der Waals surface area contributed by atoms with Crippen LogP contribution in [-0.2, 0) is 10.3 Å². The van der Waals surface area contributed by atoms with Crippen molar-refractivity contribution < 1.29 is 14.3 Å². The summed E-state index contributed by atoms with van der Waals surface area (Å²) in [5.74, 6) is -1.08. The summed E-state index contributed by atoms with van der Waals surface area (Å²) in [6.45, 7) is 3.29. The Morgan fingerprint density at radius 2 is 2.25 bits per heavy atom. The molecule has 0 saturated carbocycles. The van der Waals surface area contributed by atoms with Crippen molar-refractivity contribution >= 4 is 28.6 Å². The van der Waals surface area contributed by atoms with Crippen molar-refractivity contribution in [1.82, 2.24) is 20.2 Å². The number of aromatic nitrogens is 4. The van der Waals surface area contributed by atoms with Crippen LogP contribution in [-0.4, -0.2) is 31.3 Å². The summed E-state index contributed by atoms with van der Waals surface area (Å²) in [7, 11) is 0. The number of carbonyl (C=O) groups is 1. The zero-order chi connectivity index (χ0) is 14.9. The van der Waals surface area contributed by atoms with Gasteiger partial charge >= 0.3 is 5.97 Å². The van der Waals surface area contributed by atoms with Crippen molar-refractivity contribution in [2.24, 2.45) is 0 Å². The number of carboxylic acids is 1. The van der Waals surface area contributed by atoms with Gasteiger partial charge < -0.3 is 5.11 Å². The fourth-order valence-electron chi connectivity index (χ4n) is 1.75. The smallest absolute Gasteiger partial charge is 0.331 e. The Kier molecular flexibility index (Phi) is 4.02. The van der Waals surface area contributed by atoms with Gasteiger partial charge in [0.1, 0.15) is 5.82 Å². The Morgan fingerprint density at radius 3 is 2.80 bits per heavy atom. The second-order valence-corrected chi connectivity index (χ2v) is 5.63. The second-order valence-electron chi connectivity index (χ2n) is 4.47. The molecule has 0 fully saturated rings. The first-order valence-electron chi connectivity index (χ1n) is 5.88. The van der Waals surface area contributed by atoms with Crippen LogP contribution < -0.4 is 0 Å². The highest BCUT2D eigenvalue weighted by Gasteiger charge is 2.37. The monoisotopic (exact) mass is 390 g/mol. The van der Waals surface area contributed by atoms with Gasteiger partial charge in [-0.3, -0.25) is 0 Å². The van der Waals surface area contributed by atoms with Crippen molar-refractivity contribution in [2.75, 3.05) is 0 Å². The quantitative estimate of drug-likeness (QED) is 0.811. The van der Waals surface area contributed by atoms with Gasteiger partial charge in [0.25, 0.3) is 0 Å². The van der Waals surface area contributed by atoms with E-state index in [1.165, 1.54) is 22.9 Å². The lowest BCUT2D eigenvalue weighted by atomic mass is 9.99. The molecule has 0 amide bonds. The number of tetrazole rings is 1. The first-order chi connectivity index (χ1) is 9.40. The molecule has 1 aromatic heterocycles. The molecule has 2 aromatic rings. The molecule has 0 bridgehead atoms. The first kappa shape index (κ1) is 14.8. The van der Waals surface area contributed by atoms with E-state index >= 15 is 0 Å². The average molecular weight is 390 g/mol. The number of halogens is 2. The van der Waals surface area contributed by atoms with Crippen LogP contribution >= 0.6 is 22.6 Å². The number of nitrogens with zero attached hydrogens (tertiary/aromatic N) is 4. The van der Waals surface area contributed by atoms with Gasteiger partial charge in [-0.15, -0.1) is 5.10 Å². The fourth-order valence-corrected chi connectivity index (χ4v) is 2.47. The lowest BCUT2D eigenvalue weighted by Gasteiger charge is -2.24. The summed E-state index contributed by atoms with van der Waals surface area (Å²) in [6.07, 6.45) is 0.318. The first-order valence-corrected chi connectivity index (χ1v) is 6.95. The predicted octanol–water partition coefficient (Wildman–Crippen LogP) is 2.29. The van der Waals surface area contributed by atoms with E-state index < -0.39 is 11.5 Å². The number of rotatable bonds is 4. The van der Waals surface area contributed by atoms with Crippen molar-refractivity contribution in [2.45, 2.75) is 25.8 Å². The summed E-state index contributed by atoms with van der Waals surface area (Å²) < 4.78 is 15.0. The Balaban J connectivity index is 2.61. The molecule has 0 saturated heterocycles. The minimum Gasteiger partial charge on any atom is -0.479 e. The zero-order valence-electron chi connectivity index (χ0n) is 10.8. The molecule has 20 heavy (non-hydrogen) atoms. The molecule has 1 atom stereocenters. The third-order valence-electron chi connectivity index (χ3n) is 3.26. The van der Waals surface area contributed by atoms with E-state index in [-0.39, 0.29) is 5.82 Å². The van der Waals surface area contributed by atoms with Crippen LogP contribution in [0.2, 0.25) is 0 Å². The highest BCUT2D eigenvalue weighted by Crippen LogP contribution is 2.29. The summed E-state index contributed by atoms with van der Waals surface area (Å²) >= 11 is 1.97. The fraction of sp³-hybridized carbons (Fsp3) is 0.333. The molecule has 2 rings (SSSR count). The predicted molar refractivity (Wildman–Crippen MR) is 77.5 cm³/mol. The van der Waals surface area contributed by atoms with Crippen LogP contribution in [0.25, 0.3) is 11.4 Å². The third kappa shape index (κ3) is 2.39. The highest BCUT2D eigenvalue weighted by molar-refractivity contribution is 14.1. The highest BCUT2D eigenvalue weighted by atomic mass is 127. The third-order valence-corrected chi connectivity index (χ3v) is 4.15. The number of hydrogen-bond donors (Lipinski definition) is 1. The molecular formula is C12H12FIN4O2. The van der Waals surface area contributed by atoms with E-state index in [1.54, 1.807) is 13.8 Å². The number of aliphatic carboxylic acids is 1. The van der Waals surface area contributed by atoms with Crippen LogP contribution in [0.3, 0.4) is 0 Å². The SMILES string of the molecule is CCC(C)(C(=O)O)n1nnnc1-c1ccc(F)cc1I. The number of benzene rings is 1. The van der Waals surface area contributed by atoms with Crippen molar-refractivity contribution in [3.8, 4) is 11.4 Å². The van der Waals surface area contributed by atoms with Gasteiger partial charge in [0.15, 0.2) is 11.4 Å². The molecule has 1 N–H and O–H groups in total. The van der Waals surface area contributed by atoms with Gasteiger partial charge in [-0.25, -0.2) is 13.9 Å². The number of hydrogen-bond acceptors (Lipinski definition) is 4. The van der Waals surface area contributed by atoms with E-state index in [9.17, 15) is 14.3 Å². The molecule has 6 nitrogen and oxygen atoms in total. The van der Waals surface area contributed by atoms with Gasteiger partial charge in [-0.05, 0) is 64.6 Å². The Hall–Kier alpha value is -1.58. The van der Waals surface area contributed by atoms with E-state index in [4.69, 9.17) is 0 Å². The van der Waals surface area contributed by atoms with Gasteiger partial charge in [0.2, 0.25) is 0 Å². The van der Waals surface area contributed by atoms with Crippen LogP contribution in [0, 0.1) is 9.39 Å². The standard InChI is InChI=1S/C12H12FIN4O2/c1-3-12(2,11(19)20)18-10(15-16-17-18)8-5-4-7(13)6-9(8)14/h4-6H,3H2,1-2H3,(H,19,20). The maximum atomic E-state index is 13.2. The van der Waals surface area contributed by atoms with E-state index in [0.29, 0.717) is 21.4 Å².